The van der Waals surface area contributed by atoms with Crippen LogP contribution in [0.15, 0.2) is 23.1 Å². The van der Waals surface area contributed by atoms with Crippen molar-refractivity contribution in [1.82, 2.24) is 0 Å². The Morgan fingerprint density at radius 2 is 2.21 bits per heavy atom. The predicted octanol–water partition coefficient (Wildman–Crippen LogP) is 1.61. The molecule has 0 bridgehead atoms. The monoisotopic (exact) mass is 216 g/mol. The Balaban J connectivity index is 2.89. The van der Waals surface area contributed by atoms with Gasteiger partial charge < -0.3 is 10.2 Å². The molecule has 1 aromatic carbocycles. The maximum Gasteiger partial charge on any atom is 0.338 e. The normalized spacial score (nSPS) is 10.1. The van der Waals surface area contributed by atoms with E-state index in [0.29, 0.717) is 10.6 Å². The standard InChI is InChI=1S/C9H9FO3S/c10-8-2-1-6(14-4-3-11)5-7(8)9(12)13/h1-2,5,11H,3-4H2,(H,12,13). The molecule has 1 aromatic rings. The predicted molar refractivity (Wildman–Crippen MR) is 51.2 cm³/mol. The zero-order chi connectivity index (χ0) is 10.6. The summed E-state index contributed by atoms with van der Waals surface area (Å²) in [5.74, 6) is -1.56. The van der Waals surface area contributed by atoms with Gasteiger partial charge >= 0.3 is 5.97 Å². The van der Waals surface area contributed by atoms with Crippen LogP contribution < -0.4 is 0 Å². The fraction of sp³-hybridized carbons (Fsp3) is 0.222. The molecule has 14 heavy (non-hydrogen) atoms. The number of carboxylic acid groups (broad SMARTS) is 1. The van der Waals surface area contributed by atoms with Crippen LogP contribution in [0.5, 0.6) is 0 Å². The van der Waals surface area contributed by atoms with E-state index in [1.54, 1.807) is 0 Å². The number of aliphatic hydroxyl groups is 1. The Morgan fingerprint density at radius 3 is 2.79 bits per heavy atom. The highest BCUT2D eigenvalue weighted by Gasteiger charge is 2.10. The minimum absolute atomic E-state index is 0.00441. The van der Waals surface area contributed by atoms with Crippen molar-refractivity contribution < 1.29 is 19.4 Å². The number of carboxylic acids is 1. The molecule has 0 aliphatic heterocycles. The van der Waals surface area contributed by atoms with Gasteiger partial charge in [0, 0.05) is 10.6 Å². The Labute approximate surface area is 84.6 Å². The van der Waals surface area contributed by atoms with Crippen LogP contribution in [0, 0.1) is 5.82 Å². The van der Waals surface area contributed by atoms with E-state index in [1.165, 1.54) is 23.9 Å². The van der Waals surface area contributed by atoms with E-state index >= 15 is 0 Å². The lowest BCUT2D eigenvalue weighted by molar-refractivity contribution is 0.0691. The average Bonchev–Trinajstić information content (AvgIpc) is 2.16. The zero-order valence-electron chi connectivity index (χ0n) is 7.24. The van der Waals surface area contributed by atoms with E-state index in [1.807, 2.05) is 0 Å². The summed E-state index contributed by atoms with van der Waals surface area (Å²) in [6.07, 6.45) is 0. The Morgan fingerprint density at radius 1 is 1.50 bits per heavy atom. The fourth-order valence-corrected chi connectivity index (χ4v) is 1.61. The summed E-state index contributed by atoms with van der Waals surface area (Å²) in [5.41, 5.74) is -0.340. The van der Waals surface area contributed by atoms with Crippen LogP contribution in [0.1, 0.15) is 10.4 Å². The number of rotatable bonds is 4. The third-order valence-corrected chi connectivity index (χ3v) is 2.50. The van der Waals surface area contributed by atoms with Crippen molar-refractivity contribution in [1.29, 1.82) is 0 Å². The Bertz CT molecular complexity index is 341. The van der Waals surface area contributed by atoms with E-state index in [2.05, 4.69) is 0 Å². The largest absolute Gasteiger partial charge is 0.478 e. The molecule has 76 valence electrons. The molecule has 5 heteroatoms. The maximum absolute atomic E-state index is 12.9. The fourth-order valence-electron chi connectivity index (χ4n) is 0.922. The minimum atomic E-state index is -1.28. The lowest BCUT2D eigenvalue weighted by atomic mass is 10.2. The van der Waals surface area contributed by atoms with Crippen LogP contribution in [0.4, 0.5) is 4.39 Å². The van der Waals surface area contributed by atoms with E-state index in [0.717, 1.165) is 6.07 Å². The van der Waals surface area contributed by atoms with Crippen LogP contribution >= 0.6 is 11.8 Å². The molecule has 0 radical (unpaired) electrons. The van der Waals surface area contributed by atoms with Gasteiger partial charge in [-0.3, -0.25) is 0 Å². The van der Waals surface area contributed by atoms with Crippen molar-refractivity contribution in [2.24, 2.45) is 0 Å². The van der Waals surface area contributed by atoms with Gasteiger partial charge in [0.1, 0.15) is 5.82 Å². The summed E-state index contributed by atoms with van der Waals surface area (Å²) in [6, 6.07) is 3.86. The van der Waals surface area contributed by atoms with Gasteiger partial charge in [-0.05, 0) is 18.2 Å². The molecular weight excluding hydrogens is 207 g/mol. The van der Waals surface area contributed by atoms with E-state index in [-0.39, 0.29) is 12.2 Å². The summed E-state index contributed by atoms with van der Waals surface area (Å²) < 4.78 is 12.9. The van der Waals surface area contributed by atoms with Crippen LogP contribution in [-0.2, 0) is 0 Å². The van der Waals surface area contributed by atoms with Crippen LogP contribution in [0.2, 0.25) is 0 Å². The first-order chi connectivity index (χ1) is 6.65. The van der Waals surface area contributed by atoms with Gasteiger partial charge in [0.15, 0.2) is 0 Å². The molecule has 2 N–H and O–H groups in total. The van der Waals surface area contributed by atoms with Gasteiger partial charge in [0.2, 0.25) is 0 Å². The number of hydrogen-bond donors (Lipinski definition) is 2. The second-order valence-corrected chi connectivity index (χ2v) is 3.69. The van der Waals surface area contributed by atoms with E-state index < -0.39 is 11.8 Å². The van der Waals surface area contributed by atoms with Crippen molar-refractivity contribution in [3.63, 3.8) is 0 Å². The van der Waals surface area contributed by atoms with Crippen molar-refractivity contribution in [2.45, 2.75) is 4.90 Å². The minimum Gasteiger partial charge on any atom is -0.478 e. The molecule has 0 atom stereocenters. The van der Waals surface area contributed by atoms with E-state index in [4.69, 9.17) is 10.2 Å². The number of thioether (sulfide) groups is 1. The van der Waals surface area contributed by atoms with Crippen LogP contribution in [0.3, 0.4) is 0 Å². The second-order valence-electron chi connectivity index (χ2n) is 2.52. The van der Waals surface area contributed by atoms with Crippen LogP contribution in [0.25, 0.3) is 0 Å². The number of halogens is 1. The summed E-state index contributed by atoms with van der Waals surface area (Å²) in [7, 11) is 0. The SMILES string of the molecule is O=C(O)c1cc(SCCO)ccc1F. The second kappa shape index (κ2) is 4.97. The van der Waals surface area contributed by atoms with Crippen molar-refractivity contribution in [3.05, 3.63) is 29.6 Å². The topological polar surface area (TPSA) is 57.5 Å². The highest BCUT2D eigenvalue weighted by molar-refractivity contribution is 7.99. The lowest BCUT2D eigenvalue weighted by Crippen LogP contribution is -2.00. The first kappa shape index (κ1) is 11.0. The smallest absolute Gasteiger partial charge is 0.338 e. The van der Waals surface area contributed by atoms with Crippen molar-refractivity contribution in [3.8, 4) is 0 Å². The first-order valence-electron chi connectivity index (χ1n) is 3.91. The average molecular weight is 216 g/mol. The van der Waals surface area contributed by atoms with Gasteiger partial charge in [-0.15, -0.1) is 11.8 Å². The molecule has 0 aliphatic carbocycles. The Kier molecular flexibility index (Phi) is 3.91. The van der Waals surface area contributed by atoms with E-state index in [9.17, 15) is 9.18 Å². The summed E-state index contributed by atoms with van der Waals surface area (Å²) in [4.78, 5) is 11.2. The third kappa shape index (κ3) is 2.71. The third-order valence-electron chi connectivity index (χ3n) is 1.53. The highest BCUT2D eigenvalue weighted by Crippen LogP contribution is 2.20. The molecule has 0 unspecified atom stereocenters. The number of aromatic carboxylic acids is 1. The molecule has 0 aliphatic rings. The summed E-state index contributed by atoms with van der Waals surface area (Å²) in [5, 5.41) is 17.2. The number of carbonyl (C=O) groups is 1. The molecule has 0 fully saturated rings. The quantitative estimate of drug-likeness (QED) is 0.751. The summed E-state index contributed by atoms with van der Waals surface area (Å²) >= 11 is 1.28. The van der Waals surface area contributed by atoms with Gasteiger partial charge in [-0.1, -0.05) is 0 Å². The highest BCUT2D eigenvalue weighted by atomic mass is 32.2. The van der Waals surface area contributed by atoms with Gasteiger partial charge in [-0.25, -0.2) is 9.18 Å². The lowest BCUT2D eigenvalue weighted by Gasteiger charge is -2.02. The molecule has 3 nitrogen and oxygen atoms in total. The summed E-state index contributed by atoms with van der Waals surface area (Å²) in [6.45, 7) is 0.00441. The number of hydrogen-bond acceptors (Lipinski definition) is 3. The van der Waals surface area contributed by atoms with Crippen molar-refractivity contribution >= 4 is 17.7 Å². The molecule has 0 amide bonds. The first-order valence-corrected chi connectivity index (χ1v) is 4.90. The molecule has 0 heterocycles. The maximum atomic E-state index is 12.9. The molecule has 0 saturated heterocycles. The molecule has 0 saturated carbocycles. The van der Waals surface area contributed by atoms with Crippen LogP contribution in [-0.4, -0.2) is 28.5 Å². The van der Waals surface area contributed by atoms with Gasteiger partial charge in [0.05, 0.1) is 12.2 Å². The molecule has 0 aromatic heterocycles. The molecule has 0 spiro atoms. The Hall–Kier alpha value is -1.07. The zero-order valence-corrected chi connectivity index (χ0v) is 8.05. The number of benzene rings is 1. The molecule has 1 rings (SSSR count). The van der Waals surface area contributed by atoms with Gasteiger partial charge in [0.25, 0.3) is 0 Å². The van der Waals surface area contributed by atoms with Gasteiger partial charge in [-0.2, -0.15) is 0 Å². The number of aliphatic hydroxyl groups excluding tert-OH is 1. The molecular formula is C9H9FO3S. The van der Waals surface area contributed by atoms with Crippen molar-refractivity contribution in [2.75, 3.05) is 12.4 Å².